The molecule has 0 saturated heterocycles. The van der Waals surface area contributed by atoms with Crippen LogP contribution < -0.4 is 10.6 Å². The molecule has 2 aromatic carbocycles. The van der Waals surface area contributed by atoms with E-state index < -0.39 is 15.5 Å². The molecule has 1 atom stereocenters. The van der Waals surface area contributed by atoms with Crippen LogP contribution in [0.2, 0.25) is 18.1 Å². The first kappa shape index (κ1) is 24.0. The Morgan fingerprint density at radius 1 is 1.03 bits per heavy atom. The predicted octanol–water partition coefficient (Wildman–Crippen LogP) is 7.06. The van der Waals surface area contributed by atoms with E-state index in [1.165, 1.54) is 5.57 Å². The standard InChI is InChI=1S/C27H37O2PSi/c1-22-23(14-13-19-26(22)29-31(5,6)27(2,3)4)20-21-30(28,24-15-9-7-10-16-24)25-17-11-8-12-18-25/h7-12,15-18,20,26H,1,13-14,19,21H2,2-6H3/b23-20-. The van der Waals surface area contributed by atoms with E-state index in [0.29, 0.717) is 6.16 Å². The molecule has 2 aromatic rings. The summed E-state index contributed by atoms with van der Waals surface area (Å²) in [6.45, 7) is 15.9. The zero-order chi connectivity index (χ0) is 22.7. The van der Waals surface area contributed by atoms with E-state index in [1.807, 2.05) is 60.7 Å². The summed E-state index contributed by atoms with van der Waals surface area (Å²) in [4.78, 5) is 0. The van der Waals surface area contributed by atoms with Gasteiger partial charge >= 0.3 is 0 Å². The van der Waals surface area contributed by atoms with E-state index in [4.69, 9.17) is 4.43 Å². The summed E-state index contributed by atoms with van der Waals surface area (Å²) in [5.74, 6) is 0. The molecule has 166 valence electrons. The Hall–Kier alpha value is -1.67. The van der Waals surface area contributed by atoms with Crippen LogP contribution in [0.25, 0.3) is 0 Å². The van der Waals surface area contributed by atoms with E-state index in [-0.39, 0.29) is 11.1 Å². The van der Waals surface area contributed by atoms with Crippen LogP contribution in [0, 0.1) is 0 Å². The second kappa shape index (κ2) is 9.44. The molecule has 0 bridgehead atoms. The lowest BCUT2D eigenvalue weighted by Gasteiger charge is -2.41. The fourth-order valence-corrected chi connectivity index (χ4v) is 7.68. The molecule has 4 heteroatoms. The van der Waals surface area contributed by atoms with Crippen LogP contribution in [0.15, 0.2) is 84.5 Å². The second-order valence-electron chi connectivity index (χ2n) is 10.1. The quantitative estimate of drug-likeness (QED) is 0.346. The molecule has 1 unspecified atom stereocenters. The summed E-state index contributed by atoms with van der Waals surface area (Å²) in [7, 11) is -4.63. The molecular formula is C27H37O2PSi. The van der Waals surface area contributed by atoms with Gasteiger partial charge in [-0.25, -0.2) is 0 Å². The summed E-state index contributed by atoms with van der Waals surface area (Å²) in [6, 6.07) is 19.8. The van der Waals surface area contributed by atoms with Crippen molar-refractivity contribution < 1.29 is 8.99 Å². The van der Waals surface area contributed by atoms with Gasteiger partial charge in [-0.1, -0.05) is 94.1 Å². The highest BCUT2D eigenvalue weighted by molar-refractivity contribution is 7.78. The van der Waals surface area contributed by atoms with Crippen LogP contribution in [0.4, 0.5) is 0 Å². The summed E-state index contributed by atoms with van der Waals surface area (Å²) in [5.41, 5.74) is 2.31. The number of allylic oxidation sites excluding steroid dienone is 1. The van der Waals surface area contributed by atoms with Crippen molar-refractivity contribution >= 4 is 26.1 Å². The Bertz CT molecular complexity index is 928. The molecule has 0 aromatic heterocycles. The zero-order valence-electron chi connectivity index (χ0n) is 19.7. The van der Waals surface area contributed by atoms with Crippen LogP contribution in [0.5, 0.6) is 0 Å². The van der Waals surface area contributed by atoms with Crippen LogP contribution in [0.1, 0.15) is 40.0 Å². The van der Waals surface area contributed by atoms with Gasteiger partial charge in [0.05, 0.1) is 6.10 Å². The Kier molecular flexibility index (Phi) is 7.31. The monoisotopic (exact) mass is 452 g/mol. The fraction of sp³-hybridized carbons (Fsp3) is 0.407. The van der Waals surface area contributed by atoms with Crippen molar-refractivity contribution in [2.75, 3.05) is 6.16 Å². The molecule has 1 aliphatic rings. The molecule has 0 N–H and O–H groups in total. The second-order valence-corrected chi connectivity index (χ2v) is 17.7. The number of hydrogen-bond donors (Lipinski definition) is 0. The van der Waals surface area contributed by atoms with Crippen LogP contribution in [-0.4, -0.2) is 20.6 Å². The maximum absolute atomic E-state index is 14.3. The van der Waals surface area contributed by atoms with Crippen molar-refractivity contribution in [2.45, 2.75) is 64.3 Å². The molecule has 1 saturated carbocycles. The largest absolute Gasteiger partial charge is 0.410 e. The van der Waals surface area contributed by atoms with Crippen molar-refractivity contribution in [3.8, 4) is 0 Å². The first-order chi connectivity index (χ1) is 14.5. The zero-order valence-corrected chi connectivity index (χ0v) is 21.6. The van der Waals surface area contributed by atoms with E-state index in [1.54, 1.807) is 0 Å². The lowest BCUT2D eigenvalue weighted by Crippen LogP contribution is -2.45. The Morgan fingerprint density at radius 2 is 1.55 bits per heavy atom. The van der Waals surface area contributed by atoms with Gasteiger partial charge in [0.15, 0.2) is 8.32 Å². The van der Waals surface area contributed by atoms with Gasteiger partial charge in [0, 0.05) is 16.8 Å². The van der Waals surface area contributed by atoms with Crippen LogP contribution in [-0.2, 0) is 8.99 Å². The molecule has 1 fully saturated rings. The van der Waals surface area contributed by atoms with E-state index in [2.05, 4.69) is 46.5 Å². The molecule has 3 rings (SSSR count). The third-order valence-electron chi connectivity index (χ3n) is 6.90. The minimum atomic E-state index is -2.75. The predicted molar refractivity (Wildman–Crippen MR) is 138 cm³/mol. The summed E-state index contributed by atoms with van der Waals surface area (Å²) >= 11 is 0. The Morgan fingerprint density at radius 3 is 2.03 bits per heavy atom. The maximum atomic E-state index is 14.3. The molecular weight excluding hydrogens is 415 g/mol. The van der Waals surface area contributed by atoms with Gasteiger partial charge in [0.2, 0.25) is 0 Å². The SMILES string of the molecule is C=C1/C(=C\CP(=O)(c2ccccc2)c2ccccc2)CCCC1O[Si](C)(C)C(C)(C)C. The molecule has 0 radical (unpaired) electrons. The normalized spacial score (nSPS) is 19.6. The van der Waals surface area contributed by atoms with E-state index in [0.717, 1.165) is 35.4 Å². The van der Waals surface area contributed by atoms with Crippen LogP contribution >= 0.6 is 7.14 Å². The lowest BCUT2D eigenvalue weighted by molar-refractivity contribution is 0.195. The Balaban J connectivity index is 1.87. The van der Waals surface area contributed by atoms with Crippen molar-refractivity contribution in [1.82, 2.24) is 0 Å². The van der Waals surface area contributed by atoms with Gasteiger partial charge < -0.3 is 8.99 Å². The van der Waals surface area contributed by atoms with Gasteiger partial charge in [-0.3, -0.25) is 0 Å². The summed E-state index contributed by atoms with van der Waals surface area (Å²) < 4.78 is 21.0. The van der Waals surface area contributed by atoms with Gasteiger partial charge in [-0.15, -0.1) is 0 Å². The lowest BCUT2D eigenvalue weighted by atomic mass is 9.88. The molecule has 0 aliphatic heterocycles. The first-order valence-corrected chi connectivity index (χ1v) is 16.1. The van der Waals surface area contributed by atoms with Crippen molar-refractivity contribution in [3.05, 3.63) is 84.5 Å². The smallest absolute Gasteiger partial charge is 0.192 e. The molecule has 2 nitrogen and oxygen atoms in total. The fourth-order valence-electron chi connectivity index (χ4n) is 3.85. The number of benzene rings is 2. The molecule has 31 heavy (non-hydrogen) atoms. The highest BCUT2D eigenvalue weighted by Crippen LogP contribution is 2.45. The van der Waals surface area contributed by atoms with Crippen molar-refractivity contribution in [3.63, 3.8) is 0 Å². The third kappa shape index (κ3) is 5.39. The molecule has 1 aliphatic carbocycles. The van der Waals surface area contributed by atoms with Gasteiger partial charge in [-0.2, -0.15) is 0 Å². The van der Waals surface area contributed by atoms with Gasteiger partial charge in [-0.05, 0) is 48.5 Å². The Labute approximate surface area is 189 Å². The minimum Gasteiger partial charge on any atom is -0.410 e. The van der Waals surface area contributed by atoms with Crippen LogP contribution in [0.3, 0.4) is 0 Å². The van der Waals surface area contributed by atoms with Gasteiger partial charge in [0.1, 0.15) is 7.14 Å². The number of rotatable bonds is 6. The van der Waals surface area contributed by atoms with E-state index >= 15 is 0 Å². The van der Waals surface area contributed by atoms with E-state index in [9.17, 15) is 4.57 Å². The number of hydrogen-bond acceptors (Lipinski definition) is 2. The average Bonchev–Trinajstić information content (AvgIpc) is 2.74. The first-order valence-electron chi connectivity index (χ1n) is 11.3. The molecule has 0 amide bonds. The minimum absolute atomic E-state index is 0.0775. The molecule has 0 heterocycles. The van der Waals surface area contributed by atoms with Crippen molar-refractivity contribution in [2.24, 2.45) is 0 Å². The topological polar surface area (TPSA) is 26.3 Å². The third-order valence-corrected chi connectivity index (χ3v) is 14.3. The average molecular weight is 453 g/mol. The summed E-state index contributed by atoms with van der Waals surface area (Å²) in [5, 5.41) is 1.99. The highest BCUT2D eigenvalue weighted by Gasteiger charge is 2.40. The van der Waals surface area contributed by atoms with Gasteiger partial charge in [0.25, 0.3) is 0 Å². The maximum Gasteiger partial charge on any atom is 0.192 e. The van der Waals surface area contributed by atoms with Crippen molar-refractivity contribution in [1.29, 1.82) is 0 Å². The highest BCUT2D eigenvalue weighted by atomic mass is 31.2. The molecule has 0 spiro atoms. The summed E-state index contributed by atoms with van der Waals surface area (Å²) in [6.07, 6.45) is 5.88.